The lowest BCUT2D eigenvalue weighted by molar-refractivity contribution is 0.0233. The van der Waals surface area contributed by atoms with Gasteiger partial charge < -0.3 is 5.11 Å². The average Bonchev–Trinajstić information content (AvgIpc) is 2.17. The van der Waals surface area contributed by atoms with Gasteiger partial charge in [-0.3, -0.25) is 0 Å². The maximum Gasteiger partial charge on any atom is 0.104 e. The fourth-order valence-corrected chi connectivity index (χ4v) is 1.56. The molecule has 1 aromatic carbocycles. The summed E-state index contributed by atoms with van der Waals surface area (Å²) in [5, 5.41) is 19.4. The van der Waals surface area contributed by atoms with E-state index in [-0.39, 0.29) is 0 Å². The predicted octanol–water partition coefficient (Wildman–Crippen LogP) is 2.71. The van der Waals surface area contributed by atoms with Crippen molar-refractivity contribution in [3.8, 4) is 6.07 Å². The van der Waals surface area contributed by atoms with Gasteiger partial charge in [0.05, 0.1) is 12.0 Å². The van der Waals surface area contributed by atoms with Gasteiger partial charge in [0.1, 0.15) is 5.60 Å². The Morgan fingerprint density at radius 2 is 2.07 bits per heavy atom. The molecule has 0 aliphatic heterocycles. The van der Waals surface area contributed by atoms with E-state index in [0.29, 0.717) is 10.6 Å². The van der Waals surface area contributed by atoms with Gasteiger partial charge in [0.2, 0.25) is 0 Å². The molecule has 74 valence electrons. The van der Waals surface area contributed by atoms with Crippen molar-refractivity contribution in [2.75, 3.05) is 0 Å². The Hall–Kier alpha value is -1.04. The Kier molecular flexibility index (Phi) is 3.15. The third-order valence-corrected chi connectivity index (χ3v) is 2.79. The zero-order valence-electron chi connectivity index (χ0n) is 8.16. The zero-order valence-corrected chi connectivity index (χ0v) is 8.92. The SMILES string of the molecule is CC(C#N)C(C)(O)c1ccccc1Cl. The van der Waals surface area contributed by atoms with Crippen molar-refractivity contribution in [2.24, 2.45) is 5.92 Å². The second-order valence-corrected chi connectivity index (χ2v) is 3.89. The minimum absolute atomic E-state index is 0.486. The topological polar surface area (TPSA) is 44.0 Å². The highest BCUT2D eigenvalue weighted by Gasteiger charge is 2.32. The van der Waals surface area contributed by atoms with Crippen molar-refractivity contribution in [1.82, 2.24) is 0 Å². The van der Waals surface area contributed by atoms with Crippen LogP contribution in [0.25, 0.3) is 0 Å². The standard InChI is InChI=1S/C11H12ClNO/c1-8(7-13)11(2,14)9-5-3-4-6-10(9)12/h3-6,8,14H,1-2H3. The van der Waals surface area contributed by atoms with Crippen molar-refractivity contribution in [3.05, 3.63) is 34.9 Å². The molecule has 0 radical (unpaired) electrons. The van der Waals surface area contributed by atoms with Crippen LogP contribution in [-0.4, -0.2) is 5.11 Å². The van der Waals surface area contributed by atoms with E-state index in [4.69, 9.17) is 16.9 Å². The van der Waals surface area contributed by atoms with Crippen LogP contribution in [0, 0.1) is 17.2 Å². The normalized spacial score (nSPS) is 16.8. The molecule has 2 nitrogen and oxygen atoms in total. The summed E-state index contributed by atoms with van der Waals surface area (Å²) in [6, 6.07) is 9.04. The van der Waals surface area contributed by atoms with Crippen molar-refractivity contribution < 1.29 is 5.11 Å². The number of hydrogen-bond donors (Lipinski definition) is 1. The van der Waals surface area contributed by atoms with Crippen LogP contribution in [0.4, 0.5) is 0 Å². The highest BCUT2D eigenvalue weighted by Crippen LogP contribution is 2.33. The minimum Gasteiger partial charge on any atom is -0.384 e. The van der Waals surface area contributed by atoms with Crippen molar-refractivity contribution in [2.45, 2.75) is 19.4 Å². The van der Waals surface area contributed by atoms with Gasteiger partial charge in [-0.2, -0.15) is 5.26 Å². The molecule has 2 atom stereocenters. The summed E-state index contributed by atoms with van der Waals surface area (Å²) in [7, 11) is 0. The van der Waals surface area contributed by atoms with Gasteiger partial charge in [0, 0.05) is 10.6 Å². The van der Waals surface area contributed by atoms with E-state index in [1.54, 1.807) is 38.1 Å². The second-order valence-electron chi connectivity index (χ2n) is 3.48. The number of aliphatic hydroxyl groups is 1. The lowest BCUT2D eigenvalue weighted by Gasteiger charge is -2.27. The molecule has 0 saturated heterocycles. The van der Waals surface area contributed by atoms with Gasteiger partial charge >= 0.3 is 0 Å². The number of hydrogen-bond acceptors (Lipinski definition) is 2. The number of halogens is 1. The number of nitriles is 1. The minimum atomic E-state index is -1.20. The van der Waals surface area contributed by atoms with Gasteiger partial charge in [0.15, 0.2) is 0 Å². The molecule has 1 rings (SSSR count). The number of rotatable bonds is 2. The number of nitrogens with zero attached hydrogens (tertiary/aromatic N) is 1. The summed E-state index contributed by atoms with van der Waals surface area (Å²) < 4.78 is 0. The molecular weight excluding hydrogens is 198 g/mol. The maximum atomic E-state index is 10.1. The van der Waals surface area contributed by atoms with Crippen LogP contribution in [0.3, 0.4) is 0 Å². The van der Waals surface area contributed by atoms with Crippen LogP contribution in [0.1, 0.15) is 19.4 Å². The van der Waals surface area contributed by atoms with E-state index in [1.165, 1.54) is 0 Å². The van der Waals surface area contributed by atoms with Gasteiger partial charge in [0.25, 0.3) is 0 Å². The van der Waals surface area contributed by atoms with Crippen LogP contribution < -0.4 is 0 Å². The highest BCUT2D eigenvalue weighted by molar-refractivity contribution is 6.31. The molecule has 2 unspecified atom stereocenters. The molecule has 0 saturated carbocycles. The van der Waals surface area contributed by atoms with E-state index in [1.807, 2.05) is 6.07 Å². The second kappa shape index (κ2) is 4.00. The average molecular weight is 210 g/mol. The lowest BCUT2D eigenvalue weighted by Crippen LogP contribution is -2.29. The Morgan fingerprint density at radius 1 is 1.50 bits per heavy atom. The van der Waals surface area contributed by atoms with Gasteiger partial charge in [-0.15, -0.1) is 0 Å². The van der Waals surface area contributed by atoms with Crippen molar-refractivity contribution >= 4 is 11.6 Å². The van der Waals surface area contributed by atoms with Crippen LogP contribution >= 0.6 is 11.6 Å². The van der Waals surface area contributed by atoms with Crippen LogP contribution in [0.15, 0.2) is 24.3 Å². The van der Waals surface area contributed by atoms with E-state index < -0.39 is 11.5 Å². The molecule has 0 aliphatic carbocycles. The fraction of sp³-hybridized carbons (Fsp3) is 0.364. The smallest absolute Gasteiger partial charge is 0.104 e. The van der Waals surface area contributed by atoms with Crippen LogP contribution in [0.2, 0.25) is 5.02 Å². The predicted molar refractivity (Wildman–Crippen MR) is 55.8 cm³/mol. The molecule has 3 heteroatoms. The molecular formula is C11H12ClNO. The van der Waals surface area contributed by atoms with Crippen LogP contribution in [-0.2, 0) is 5.60 Å². The Labute approximate surface area is 88.7 Å². The van der Waals surface area contributed by atoms with E-state index in [2.05, 4.69) is 0 Å². The molecule has 0 bridgehead atoms. The number of benzene rings is 1. The quantitative estimate of drug-likeness (QED) is 0.814. The molecule has 14 heavy (non-hydrogen) atoms. The summed E-state index contributed by atoms with van der Waals surface area (Å²) in [6.07, 6.45) is 0. The molecule has 0 amide bonds. The van der Waals surface area contributed by atoms with E-state index in [9.17, 15) is 5.11 Å². The summed E-state index contributed by atoms with van der Waals surface area (Å²) in [6.45, 7) is 3.27. The van der Waals surface area contributed by atoms with E-state index >= 15 is 0 Å². The summed E-state index contributed by atoms with van der Waals surface area (Å²) in [5.74, 6) is -0.498. The Bertz CT molecular complexity index is 368. The fourth-order valence-electron chi connectivity index (χ4n) is 1.23. The van der Waals surface area contributed by atoms with E-state index in [0.717, 1.165) is 0 Å². The molecule has 0 fully saturated rings. The molecule has 0 spiro atoms. The lowest BCUT2D eigenvalue weighted by atomic mass is 9.85. The molecule has 0 aromatic heterocycles. The highest BCUT2D eigenvalue weighted by atomic mass is 35.5. The first kappa shape index (κ1) is 11.0. The van der Waals surface area contributed by atoms with Gasteiger partial charge in [-0.05, 0) is 19.9 Å². The monoisotopic (exact) mass is 209 g/mol. The van der Waals surface area contributed by atoms with Crippen molar-refractivity contribution in [3.63, 3.8) is 0 Å². The maximum absolute atomic E-state index is 10.1. The van der Waals surface area contributed by atoms with Gasteiger partial charge in [-0.1, -0.05) is 29.8 Å². The largest absolute Gasteiger partial charge is 0.384 e. The Morgan fingerprint density at radius 3 is 2.57 bits per heavy atom. The third kappa shape index (κ3) is 1.89. The first-order valence-corrected chi connectivity index (χ1v) is 4.75. The van der Waals surface area contributed by atoms with Crippen LogP contribution in [0.5, 0.6) is 0 Å². The molecule has 1 aromatic rings. The molecule has 0 aliphatic rings. The molecule has 1 N–H and O–H groups in total. The molecule has 0 heterocycles. The first-order valence-electron chi connectivity index (χ1n) is 4.37. The summed E-state index contributed by atoms with van der Waals surface area (Å²) in [5.41, 5.74) is -0.608. The summed E-state index contributed by atoms with van der Waals surface area (Å²) in [4.78, 5) is 0. The first-order chi connectivity index (χ1) is 6.50. The Balaban J connectivity index is 3.17. The van der Waals surface area contributed by atoms with Crippen molar-refractivity contribution in [1.29, 1.82) is 5.26 Å². The summed E-state index contributed by atoms with van der Waals surface area (Å²) >= 11 is 5.94. The third-order valence-electron chi connectivity index (χ3n) is 2.46. The zero-order chi connectivity index (χ0) is 10.8. The van der Waals surface area contributed by atoms with Gasteiger partial charge in [-0.25, -0.2) is 0 Å².